The lowest BCUT2D eigenvalue weighted by Gasteiger charge is -2.18. The van der Waals surface area contributed by atoms with Gasteiger partial charge >= 0.3 is 0 Å². The molecule has 3 unspecified atom stereocenters. The molecule has 2 N–H and O–H groups in total. The van der Waals surface area contributed by atoms with Crippen LogP contribution < -0.4 is 5.73 Å². The second kappa shape index (κ2) is 2.67. The van der Waals surface area contributed by atoms with Crippen molar-refractivity contribution in [2.45, 2.75) is 31.6 Å². The molecule has 0 saturated heterocycles. The van der Waals surface area contributed by atoms with Crippen LogP contribution in [-0.4, -0.2) is 10.2 Å². The van der Waals surface area contributed by atoms with Crippen molar-refractivity contribution in [3.05, 3.63) is 5.01 Å². The number of hydrogen-bond acceptors (Lipinski definition) is 4. The lowest BCUT2D eigenvalue weighted by atomic mass is 9.89. The summed E-state index contributed by atoms with van der Waals surface area (Å²) in [5.41, 5.74) is 5.59. The number of aromatic nitrogens is 2. The Morgan fingerprint density at radius 1 is 1.23 bits per heavy atom. The summed E-state index contributed by atoms with van der Waals surface area (Å²) >= 11 is 1.58. The summed E-state index contributed by atoms with van der Waals surface area (Å²) in [4.78, 5) is 0. The maximum atomic E-state index is 5.59. The van der Waals surface area contributed by atoms with E-state index >= 15 is 0 Å². The number of nitrogens with zero attached hydrogens (tertiary/aromatic N) is 2. The van der Waals surface area contributed by atoms with E-state index in [4.69, 9.17) is 5.73 Å². The van der Waals surface area contributed by atoms with Crippen molar-refractivity contribution in [3.63, 3.8) is 0 Å². The van der Waals surface area contributed by atoms with Gasteiger partial charge in [0.25, 0.3) is 0 Å². The molecule has 0 aliphatic heterocycles. The van der Waals surface area contributed by atoms with Gasteiger partial charge in [-0.05, 0) is 31.1 Å². The van der Waals surface area contributed by atoms with Crippen LogP contribution in [0.3, 0.4) is 0 Å². The highest BCUT2D eigenvalue weighted by molar-refractivity contribution is 7.15. The van der Waals surface area contributed by atoms with Crippen molar-refractivity contribution in [1.82, 2.24) is 10.2 Å². The molecule has 3 nitrogen and oxygen atoms in total. The van der Waals surface area contributed by atoms with Gasteiger partial charge in [0.15, 0.2) is 0 Å². The fourth-order valence-electron chi connectivity index (χ4n) is 2.94. The molecular formula is C9H13N3S. The van der Waals surface area contributed by atoms with Crippen LogP contribution in [-0.2, 0) is 0 Å². The molecular weight excluding hydrogens is 182 g/mol. The minimum absolute atomic E-state index is 0.623. The molecule has 0 spiro atoms. The molecule has 4 heteroatoms. The Balaban J connectivity index is 1.87. The number of rotatable bonds is 1. The van der Waals surface area contributed by atoms with E-state index < -0.39 is 0 Å². The van der Waals surface area contributed by atoms with E-state index in [2.05, 4.69) is 10.2 Å². The van der Waals surface area contributed by atoms with Crippen LogP contribution in [0.1, 0.15) is 36.6 Å². The quantitative estimate of drug-likeness (QED) is 0.746. The van der Waals surface area contributed by atoms with Gasteiger partial charge < -0.3 is 5.73 Å². The lowest BCUT2D eigenvalue weighted by Crippen LogP contribution is -2.07. The molecule has 2 fully saturated rings. The van der Waals surface area contributed by atoms with Gasteiger partial charge in [-0.1, -0.05) is 17.8 Å². The van der Waals surface area contributed by atoms with Crippen LogP contribution in [0.15, 0.2) is 0 Å². The minimum Gasteiger partial charge on any atom is -0.374 e. The summed E-state index contributed by atoms with van der Waals surface area (Å²) in [6, 6.07) is 0. The molecule has 13 heavy (non-hydrogen) atoms. The summed E-state index contributed by atoms with van der Waals surface area (Å²) in [6.45, 7) is 0. The highest BCUT2D eigenvalue weighted by Crippen LogP contribution is 2.53. The molecule has 0 aromatic carbocycles. The number of anilines is 1. The number of nitrogens with two attached hydrogens (primary N) is 1. The fourth-order valence-corrected chi connectivity index (χ4v) is 3.76. The van der Waals surface area contributed by atoms with E-state index in [0.717, 1.165) is 11.8 Å². The zero-order valence-electron chi connectivity index (χ0n) is 7.44. The van der Waals surface area contributed by atoms with Gasteiger partial charge in [0.05, 0.1) is 0 Å². The first-order valence-corrected chi connectivity index (χ1v) is 5.73. The Labute approximate surface area is 81.4 Å². The van der Waals surface area contributed by atoms with Crippen molar-refractivity contribution in [1.29, 1.82) is 0 Å². The average Bonchev–Trinajstić information content (AvgIpc) is 2.77. The monoisotopic (exact) mass is 195 g/mol. The zero-order chi connectivity index (χ0) is 8.84. The molecule has 2 aliphatic rings. The first-order chi connectivity index (χ1) is 6.33. The van der Waals surface area contributed by atoms with Crippen LogP contribution in [0.5, 0.6) is 0 Å². The Morgan fingerprint density at radius 3 is 2.69 bits per heavy atom. The molecule has 1 heterocycles. The van der Waals surface area contributed by atoms with E-state index in [1.165, 1.54) is 30.7 Å². The molecule has 0 amide bonds. The number of fused-ring (bicyclic) bond motifs is 2. The maximum absolute atomic E-state index is 5.59. The molecule has 70 valence electrons. The standard InChI is InChI=1S/C9H13N3S/c10-9-12-11-8(13-9)7-4-5-1-2-6(7)3-5/h5-7H,1-4H2,(H2,10,12). The molecule has 2 aliphatic carbocycles. The van der Waals surface area contributed by atoms with Crippen LogP contribution >= 0.6 is 11.3 Å². The van der Waals surface area contributed by atoms with Crippen LogP contribution in [0.4, 0.5) is 5.13 Å². The molecule has 1 aromatic heterocycles. The molecule has 2 saturated carbocycles. The van der Waals surface area contributed by atoms with E-state index in [1.807, 2.05) is 0 Å². The van der Waals surface area contributed by atoms with Crippen molar-refractivity contribution in [2.24, 2.45) is 11.8 Å². The van der Waals surface area contributed by atoms with Gasteiger partial charge in [0, 0.05) is 5.92 Å². The van der Waals surface area contributed by atoms with Crippen molar-refractivity contribution in [3.8, 4) is 0 Å². The smallest absolute Gasteiger partial charge is 0.203 e. The maximum Gasteiger partial charge on any atom is 0.203 e. The Hall–Kier alpha value is -0.640. The predicted molar refractivity (Wildman–Crippen MR) is 52.5 cm³/mol. The van der Waals surface area contributed by atoms with Gasteiger partial charge in [-0.15, -0.1) is 10.2 Å². The van der Waals surface area contributed by atoms with E-state index in [1.54, 1.807) is 11.3 Å². The molecule has 1 aromatic rings. The summed E-state index contributed by atoms with van der Waals surface area (Å²) < 4.78 is 0. The zero-order valence-corrected chi connectivity index (χ0v) is 8.26. The van der Waals surface area contributed by atoms with Gasteiger partial charge in [0.2, 0.25) is 5.13 Å². The third-order valence-electron chi connectivity index (χ3n) is 3.51. The van der Waals surface area contributed by atoms with Gasteiger partial charge in [-0.2, -0.15) is 0 Å². The third-order valence-corrected chi connectivity index (χ3v) is 4.40. The van der Waals surface area contributed by atoms with Crippen molar-refractivity contribution in [2.75, 3.05) is 5.73 Å². The van der Waals surface area contributed by atoms with Crippen LogP contribution in [0, 0.1) is 11.8 Å². The number of nitrogen functional groups attached to an aromatic ring is 1. The Bertz CT molecular complexity index is 322. The first-order valence-electron chi connectivity index (χ1n) is 4.92. The second-order valence-electron chi connectivity index (χ2n) is 4.26. The van der Waals surface area contributed by atoms with E-state index in [9.17, 15) is 0 Å². The van der Waals surface area contributed by atoms with Gasteiger partial charge in [0.1, 0.15) is 5.01 Å². The SMILES string of the molecule is Nc1nnc(C2CC3CCC2C3)s1. The summed E-state index contributed by atoms with van der Waals surface area (Å²) in [5, 5.41) is 9.86. The lowest BCUT2D eigenvalue weighted by molar-refractivity contribution is 0.417. The normalized spacial score (nSPS) is 37.1. The minimum atomic E-state index is 0.623. The largest absolute Gasteiger partial charge is 0.374 e. The van der Waals surface area contributed by atoms with E-state index in [0.29, 0.717) is 11.0 Å². The van der Waals surface area contributed by atoms with E-state index in [-0.39, 0.29) is 0 Å². The fraction of sp³-hybridized carbons (Fsp3) is 0.778. The third kappa shape index (κ3) is 1.15. The van der Waals surface area contributed by atoms with Gasteiger partial charge in [-0.3, -0.25) is 0 Å². The average molecular weight is 195 g/mol. The second-order valence-corrected chi connectivity index (χ2v) is 5.30. The van der Waals surface area contributed by atoms with Crippen LogP contribution in [0.25, 0.3) is 0 Å². The molecule has 3 atom stereocenters. The summed E-state index contributed by atoms with van der Waals surface area (Å²) in [6.07, 6.45) is 5.59. The highest BCUT2D eigenvalue weighted by atomic mass is 32.1. The summed E-state index contributed by atoms with van der Waals surface area (Å²) in [5.74, 6) is 2.55. The van der Waals surface area contributed by atoms with Crippen LogP contribution in [0.2, 0.25) is 0 Å². The Morgan fingerprint density at radius 2 is 2.15 bits per heavy atom. The molecule has 3 rings (SSSR count). The summed E-state index contributed by atoms with van der Waals surface area (Å²) in [7, 11) is 0. The molecule has 0 radical (unpaired) electrons. The first kappa shape index (κ1) is 7.74. The van der Waals surface area contributed by atoms with Crippen molar-refractivity contribution >= 4 is 16.5 Å². The van der Waals surface area contributed by atoms with Gasteiger partial charge in [-0.25, -0.2) is 0 Å². The molecule has 2 bridgehead atoms. The van der Waals surface area contributed by atoms with Crippen molar-refractivity contribution < 1.29 is 0 Å². The Kier molecular flexibility index (Phi) is 1.59. The topological polar surface area (TPSA) is 51.8 Å². The predicted octanol–water partition coefficient (Wildman–Crippen LogP) is 2.02. The number of hydrogen-bond donors (Lipinski definition) is 1. The highest BCUT2D eigenvalue weighted by Gasteiger charge is 2.41.